The molecule has 3 aliphatic rings. The molecule has 2 atom stereocenters. The van der Waals surface area contributed by atoms with E-state index in [1.165, 1.54) is 5.56 Å². The number of likely N-dealkylation sites (tertiary alicyclic amines) is 2. The Bertz CT molecular complexity index is 613. The van der Waals surface area contributed by atoms with E-state index in [0.717, 1.165) is 64.6 Å². The summed E-state index contributed by atoms with van der Waals surface area (Å²) in [6.45, 7) is 3.93. The molecule has 2 saturated heterocycles. The first-order valence-electron chi connectivity index (χ1n) is 10.3. The summed E-state index contributed by atoms with van der Waals surface area (Å²) in [5.41, 5.74) is 1.39. The maximum absolute atomic E-state index is 12.6. The second-order valence-electron chi connectivity index (χ2n) is 8.31. The Labute approximate surface area is 156 Å². The van der Waals surface area contributed by atoms with Crippen molar-refractivity contribution in [1.82, 2.24) is 9.80 Å². The Morgan fingerprint density at radius 1 is 0.846 bits per heavy atom. The average molecular weight is 354 g/mol. The summed E-state index contributed by atoms with van der Waals surface area (Å²) in [5.74, 6) is 0.748. The Morgan fingerprint density at radius 2 is 1.46 bits per heavy atom. The Balaban J connectivity index is 1.25. The minimum atomic E-state index is 0.00205. The van der Waals surface area contributed by atoms with Gasteiger partial charge in [0.25, 0.3) is 0 Å². The molecule has 0 bridgehead atoms. The zero-order chi connectivity index (χ0) is 17.9. The molecule has 2 heterocycles. The lowest BCUT2D eigenvalue weighted by Gasteiger charge is -2.33. The van der Waals surface area contributed by atoms with Crippen molar-refractivity contribution in [2.24, 2.45) is 17.8 Å². The highest BCUT2D eigenvalue weighted by molar-refractivity contribution is 6.05. The van der Waals surface area contributed by atoms with Gasteiger partial charge < -0.3 is 4.90 Å². The van der Waals surface area contributed by atoms with E-state index in [1.807, 2.05) is 0 Å². The van der Waals surface area contributed by atoms with Crippen LogP contribution in [-0.4, -0.2) is 47.8 Å². The van der Waals surface area contributed by atoms with Gasteiger partial charge in [-0.05, 0) is 56.7 Å². The first-order chi connectivity index (χ1) is 12.7. The molecule has 2 aliphatic heterocycles. The number of piperidine rings is 1. The predicted octanol–water partition coefficient (Wildman–Crippen LogP) is 3.12. The smallest absolute Gasteiger partial charge is 0.233 e. The number of benzene rings is 1. The van der Waals surface area contributed by atoms with Crippen molar-refractivity contribution < 1.29 is 9.59 Å². The lowest BCUT2D eigenvalue weighted by atomic mass is 9.81. The zero-order valence-corrected chi connectivity index (χ0v) is 15.6. The number of hydrogen-bond acceptors (Lipinski definition) is 3. The summed E-state index contributed by atoms with van der Waals surface area (Å²) in [5, 5.41) is 0. The van der Waals surface area contributed by atoms with Gasteiger partial charge in [0.2, 0.25) is 11.8 Å². The van der Waals surface area contributed by atoms with Crippen LogP contribution in [0.2, 0.25) is 0 Å². The van der Waals surface area contributed by atoms with Crippen LogP contribution < -0.4 is 0 Å². The van der Waals surface area contributed by atoms with E-state index < -0.39 is 0 Å². The fourth-order valence-corrected chi connectivity index (χ4v) is 4.99. The molecule has 3 fully saturated rings. The second kappa shape index (κ2) is 7.91. The zero-order valence-electron chi connectivity index (χ0n) is 15.6. The number of rotatable bonds is 5. The van der Waals surface area contributed by atoms with Crippen molar-refractivity contribution in [3.63, 3.8) is 0 Å². The van der Waals surface area contributed by atoms with Crippen LogP contribution in [0.5, 0.6) is 0 Å². The summed E-state index contributed by atoms with van der Waals surface area (Å²) in [7, 11) is 0. The molecular weight excluding hydrogens is 324 g/mol. The topological polar surface area (TPSA) is 40.6 Å². The van der Waals surface area contributed by atoms with Crippen LogP contribution in [0.4, 0.5) is 0 Å². The van der Waals surface area contributed by atoms with Gasteiger partial charge >= 0.3 is 0 Å². The maximum Gasteiger partial charge on any atom is 0.233 e. The summed E-state index contributed by atoms with van der Waals surface area (Å²) >= 11 is 0. The molecule has 4 heteroatoms. The minimum Gasteiger partial charge on any atom is -0.303 e. The van der Waals surface area contributed by atoms with E-state index in [4.69, 9.17) is 0 Å². The van der Waals surface area contributed by atoms with Gasteiger partial charge in [-0.2, -0.15) is 0 Å². The molecule has 1 aromatic rings. The molecular formula is C22H30N2O2. The Morgan fingerprint density at radius 3 is 2.08 bits per heavy atom. The number of carbonyl (C=O) groups is 2. The van der Waals surface area contributed by atoms with Gasteiger partial charge in [0, 0.05) is 13.1 Å². The number of amides is 2. The summed E-state index contributed by atoms with van der Waals surface area (Å²) < 4.78 is 0. The first-order valence-corrected chi connectivity index (χ1v) is 10.3. The summed E-state index contributed by atoms with van der Waals surface area (Å²) in [6.07, 6.45) is 7.34. The highest BCUT2D eigenvalue weighted by atomic mass is 16.2. The number of nitrogens with zero attached hydrogens (tertiary/aromatic N) is 2. The molecule has 2 amide bonds. The molecule has 0 spiro atoms. The molecule has 0 radical (unpaired) electrons. The monoisotopic (exact) mass is 354 g/mol. The van der Waals surface area contributed by atoms with E-state index in [-0.39, 0.29) is 23.7 Å². The standard InChI is InChI=1S/C22H30N2O2/c25-21-19-8-4-5-9-20(19)22(26)24(21)16-18-11-14-23(15-12-18)13-10-17-6-2-1-3-7-17/h1-3,6-7,18-20H,4-5,8-16H2. The highest BCUT2D eigenvalue weighted by Gasteiger charge is 2.48. The predicted molar refractivity (Wildman–Crippen MR) is 101 cm³/mol. The van der Waals surface area contributed by atoms with Gasteiger partial charge in [-0.25, -0.2) is 0 Å². The van der Waals surface area contributed by atoms with Crippen molar-refractivity contribution in [2.75, 3.05) is 26.2 Å². The molecule has 1 aromatic carbocycles. The molecule has 140 valence electrons. The van der Waals surface area contributed by atoms with E-state index >= 15 is 0 Å². The molecule has 2 unspecified atom stereocenters. The fourth-order valence-electron chi connectivity index (χ4n) is 4.99. The van der Waals surface area contributed by atoms with E-state index in [9.17, 15) is 9.59 Å². The van der Waals surface area contributed by atoms with Crippen molar-refractivity contribution in [2.45, 2.75) is 44.9 Å². The van der Waals surface area contributed by atoms with E-state index in [2.05, 4.69) is 35.2 Å². The third-order valence-corrected chi connectivity index (χ3v) is 6.64. The molecule has 1 aliphatic carbocycles. The average Bonchev–Trinajstić information content (AvgIpc) is 2.93. The SMILES string of the molecule is O=C1C2CCCCC2C(=O)N1CC1CCN(CCc2ccccc2)CC1. The van der Waals surface area contributed by atoms with E-state index in [0.29, 0.717) is 12.5 Å². The minimum absolute atomic E-state index is 0.00205. The molecule has 1 saturated carbocycles. The molecule has 4 rings (SSSR count). The molecule has 0 N–H and O–H groups in total. The van der Waals surface area contributed by atoms with Gasteiger partial charge in [-0.3, -0.25) is 14.5 Å². The fraction of sp³-hybridized carbons (Fsp3) is 0.636. The van der Waals surface area contributed by atoms with Gasteiger partial charge in [-0.1, -0.05) is 43.2 Å². The van der Waals surface area contributed by atoms with Gasteiger partial charge in [0.05, 0.1) is 11.8 Å². The van der Waals surface area contributed by atoms with Gasteiger partial charge in [0.15, 0.2) is 0 Å². The van der Waals surface area contributed by atoms with Crippen LogP contribution in [-0.2, 0) is 16.0 Å². The van der Waals surface area contributed by atoms with Crippen molar-refractivity contribution in [1.29, 1.82) is 0 Å². The first kappa shape index (κ1) is 17.7. The van der Waals surface area contributed by atoms with Crippen LogP contribution in [0, 0.1) is 17.8 Å². The van der Waals surface area contributed by atoms with E-state index in [1.54, 1.807) is 4.90 Å². The third kappa shape index (κ3) is 3.71. The van der Waals surface area contributed by atoms with Gasteiger partial charge in [-0.15, -0.1) is 0 Å². The molecule has 26 heavy (non-hydrogen) atoms. The number of hydrogen-bond donors (Lipinski definition) is 0. The lowest BCUT2D eigenvalue weighted by molar-refractivity contribution is -0.140. The van der Waals surface area contributed by atoms with Crippen LogP contribution in [0.15, 0.2) is 30.3 Å². The van der Waals surface area contributed by atoms with Gasteiger partial charge in [0.1, 0.15) is 0 Å². The maximum atomic E-state index is 12.6. The van der Waals surface area contributed by atoms with Crippen LogP contribution in [0.25, 0.3) is 0 Å². The van der Waals surface area contributed by atoms with Crippen molar-refractivity contribution >= 4 is 11.8 Å². The van der Waals surface area contributed by atoms with Crippen LogP contribution >= 0.6 is 0 Å². The lowest BCUT2D eigenvalue weighted by Crippen LogP contribution is -2.41. The number of imide groups is 1. The summed E-state index contributed by atoms with van der Waals surface area (Å²) in [6, 6.07) is 10.6. The number of carbonyl (C=O) groups excluding carboxylic acids is 2. The van der Waals surface area contributed by atoms with Crippen LogP contribution in [0.1, 0.15) is 44.1 Å². The summed E-state index contributed by atoms with van der Waals surface area (Å²) in [4.78, 5) is 29.4. The highest BCUT2D eigenvalue weighted by Crippen LogP contribution is 2.38. The second-order valence-corrected chi connectivity index (χ2v) is 8.31. The normalized spacial score (nSPS) is 27.8. The van der Waals surface area contributed by atoms with Crippen molar-refractivity contribution in [3.8, 4) is 0 Å². The Kier molecular flexibility index (Phi) is 5.39. The van der Waals surface area contributed by atoms with Crippen molar-refractivity contribution in [3.05, 3.63) is 35.9 Å². The molecule has 0 aromatic heterocycles. The Hall–Kier alpha value is -1.68. The quantitative estimate of drug-likeness (QED) is 0.763. The largest absolute Gasteiger partial charge is 0.303 e. The number of fused-ring (bicyclic) bond motifs is 1. The third-order valence-electron chi connectivity index (χ3n) is 6.64. The molecule has 4 nitrogen and oxygen atoms in total. The van der Waals surface area contributed by atoms with Crippen LogP contribution in [0.3, 0.4) is 0 Å².